The molecule has 3 rings (SSSR count). The number of pyridine rings is 1. The van der Waals surface area contributed by atoms with Crippen molar-refractivity contribution in [3.63, 3.8) is 0 Å². The molecule has 0 aliphatic rings. The number of fused-ring (bicyclic) bond motifs is 1. The summed E-state index contributed by atoms with van der Waals surface area (Å²) >= 11 is 1.57. The predicted octanol–water partition coefficient (Wildman–Crippen LogP) is 3.22. The summed E-state index contributed by atoms with van der Waals surface area (Å²) < 4.78 is 6.60. The number of ether oxygens (including phenoxy) is 1. The minimum absolute atomic E-state index is 0.119. The maximum Gasteiger partial charge on any atom is 0.407 e. The fourth-order valence-electron chi connectivity index (χ4n) is 2.75. The predicted molar refractivity (Wildman–Crippen MR) is 109 cm³/mol. The zero-order valence-electron chi connectivity index (χ0n) is 16.1. The quantitative estimate of drug-likeness (QED) is 0.593. The van der Waals surface area contributed by atoms with Gasteiger partial charge < -0.3 is 15.4 Å². The summed E-state index contributed by atoms with van der Waals surface area (Å²) in [5.41, 5.74) is 1.92. The van der Waals surface area contributed by atoms with Gasteiger partial charge in [0.1, 0.15) is 0 Å². The van der Waals surface area contributed by atoms with Crippen molar-refractivity contribution < 1.29 is 14.3 Å². The summed E-state index contributed by atoms with van der Waals surface area (Å²) in [5, 5.41) is 12.5. The second kappa shape index (κ2) is 8.83. The largest absolute Gasteiger partial charge is 0.450 e. The smallest absolute Gasteiger partial charge is 0.407 e. The average Bonchev–Trinajstić information content (AvgIpc) is 3.33. The Morgan fingerprint density at radius 3 is 2.75 bits per heavy atom. The number of alkyl carbamates (subject to hydrolysis) is 1. The van der Waals surface area contributed by atoms with Gasteiger partial charge in [0, 0.05) is 19.1 Å². The van der Waals surface area contributed by atoms with Gasteiger partial charge in [0.25, 0.3) is 5.91 Å². The molecule has 0 aliphatic heterocycles. The topological polar surface area (TPSA) is 98.1 Å². The first-order chi connectivity index (χ1) is 13.5. The monoisotopic (exact) mass is 401 g/mol. The van der Waals surface area contributed by atoms with Crippen molar-refractivity contribution in [2.75, 3.05) is 19.7 Å². The number of aromatic nitrogens is 3. The van der Waals surface area contributed by atoms with E-state index in [2.05, 4.69) is 15.7 Å². The highest BCUT2D eigenvalue weighted by Crippen LogP contribution is 2.28. The SMILES string of the molecule is CCOC(=O)NCCNC(=O)c1cc(-c2cccs2)nc2c1cnn2C(C)C. The molecule has 0 atom stereocenters. The van der Waals surface area contributed by atoms with Crippen molar-refractivity contribution in [2.24, 2.45) is 0 Å². The lowest BCUT2D eigenvalue weighted by Crippen LogP contribution is -2.35. The summed E-state index contributed by atoms with van der Waals surface area (Å²) in [6.45, 7) is 6.65. The van der Waals surface area contributed by atoms with E-state index in [-0.39, 0.29) is 25.0 Å². The van der Waals surface area contributed by atoms with Crippen LogP contribution in [0.1, 0.15) is 37.2 Å². The number of nitrogens with one attached hydrogen (secondary N) is 2. The van der Waals surface area contributed by atoms with Gasteiger partial charge in [-0.1, -0.05) is 6.07 Å². The van der Waals surface area contributed by atoms with Crippen LogP contribution in [-0.2, 0) is 4.74 Å². The van der Waals surface area contributed by atoms with Gasteiger partial charge in [0.2, 0.25) is 0 Å². The highest BCUT2D eigenvalue weighted by molar-refractivity contribution is 7.13. The zero-order valence-corrected chi connectivity index (χ0v) is 16.9. The van der Waals surface area contributed by atoms with Gasteiger partial charge in [-0.05, 0) is 38.3 Å². The molecule has 0 unspecified atom stereocenters. The van der Waals surface area contributed by atoms with Crippen molar-refractivity contribution in [3.8, 4) is 10.6 Å². The second-order valence-electron chi connectivity index (χ2n) is 6.36. The first-order valence-electron chi connectivity index (χ1n) is 9.12. The maximum atomic E-state index is 12.8. The molecule has 0 radical (unpaired) electrons. The first-order valence-corrected chi connectivity index (χ1v) is 10.00. The summed E-state index contributed by atoms with van der Waals surface area (Å²) in [6, 6.07) is 5.83. The van der Waals surface area contributed by atoms with Gasteiger partial charge in [-0.3, -0.25) is 4.79 Å². The van der Waals surface area contributed by atoms with E-state index in [1.54, 1.807) is 30.5 Å². The fourth-order valence-corrected chi connectivity index (χ4v) is 3.44. The summed E-state index contributed by atoms with van der Waals surface area (Å²) in [5.74, 6) is -0.237. The van der Waals surface area contributed by atoms with Gasteiger partial charge in [-0.2, -0.15) is 5.10 Å². The highest BCUT2D eigenvalue weighted by Gasteiger charge is 2.18. The van der Waals surface area contributed by atoms with Crippen LogP contribution in [0.3, 0.4) is 0 Å². The lowest BCUT2D eigenvalue weighted by atomic mass is 10.1. The molecule has 0 spiro atoms. The van der Waals surface area contributed by atoms with Crippen LogP contribution in [-0.4, -0.2) is 46.5 Å². The number of amides is 2. The van der Waals surface area contributed by atoms with Crippen molar-refractivity contribution in [1.29, 1.82) is 0 Å². The molecule has 28 heavy (non-hydrogen) atoms. The molecule has 148 valence electrons. The Morgan fingerprint density at radius 1 is 1.29 bits per heavy atom. The van der Waals surface area contributed by atoms with Gasteiger partial charge >= 0.3 is 6.09 Å². The second-order valence-corrected chi connectivity index (χ2v) is 7.30. The van der Waals surface area contributed by atoms with Crippen LogP contribution in [0, 0.1) is 0 Å². The molecule has 8 nitrogen and oxygen atoms in total. The summed E-state index contributed by atoms with van der Waals surface area (Å²) in [6.07, 6.45) is 1.17. The van der Waals surface area contributed by atoms with Crippen molar-refractivity contribution in [3.05, 3.63) is 35.3 Å². The normalized spacial score (nSPS) is 11.0. The zero-order chi connectivity index (χ0) is 20.1. The molecule has 0 saturated carbocycles. The highest BCUT2D eigenvalue weighted by atomic mass is 32.1. The molecule has 3 aromatic heterocycles. The van der Waals surface area contributed by atoms with E-state index in [4.69, 9.17) is 9.72 Å². The number of carbonyl (C=O) groups excluding carboxylic acids is 2. The van der Waals surface area contributed by atoms with E-state index >= 15 is 0 Å². The standard InChI is InChI=1S/C19H23N5O3S/c1-4-27-19(26)21-8-7-20-18(25)13-10-15(16-6-5-9-28-16)23-17-14(13)11-22-24(17)12(2)3/h5-6,9-12H,4,7-8H2,1-3H3,(H,20,25)(H,21,26). The van der Waals surface area contributed by atoms with E-state index < -0.39 is 6.09 Å². The third-order valence-corrected chi connectivity index (χ3v) is 4.92. The Bertz CT molecular complexity index is 966. The minimum atomic E-state index is -0.499. The molecule has 0 saturated heterocycles. The minimum Gasteiger partial charge on any atom is -0.450 e. The van der Waals surface area contributed by atoms with Gasteiger partial charge in [-0.15, -0.1) is 11.3 Å². The average molecular weight is 401 g/mol. The van der Waals surface area contributed by atoms with Crippen LogP contribution >= 0.6 is 11.3 Å². The lowest BCUT2D eigenvalue weighted by Gasteiger charge is -2.11. The number of thiophene rings is 1. The fraction of sp³-hybridized carbons (Fsp3) is 0.368. The Hall–Kier alpha value is -2.94. The van der Waals surface area contributed by atoms with Gasteiger partial charge in [0.05, 0.1) is 34.3 Å². The number of carbonyl (C=O) groups is 2. The van der Waals surface area contributed by atoms with E-state index in [0.29, 0.717) is 23.2 Å². The number of hydrogen-bond donors (Lipinski definition) is 2. The number of nitrogens with zero attached hydrogens (tertiary/aromatic N) is 3. The van der Waals surface area contributed by atoms with E-state index in [9.17, 15) is 9.59 Å². The third kappa shape index (κ3) is 4.30. The lowest BCUT2D eigenvalue weighted by molar-refractivity contribution is 0.0954. The van der Waals surface area contributed by atoms with Crippen LogP contribution < -0.4 is 10.6 Å². The first kappa shape index (κ1) is 19.8. The van der Waals surface area contributed by atoms with Crippen molar-refractivity contribution in [2.45, 2.75) is 26.8 Å². The molecule has 0 aliphatic carbocycles. The van der Waals surface area contributed by atoms with Crippen molar-refractivity contribution >= 4 is 34.4 Å². The molecule has 9 heteroatoms. The van der Waals surface area contributed by atoms with E-state index in [1.807, 2.05) is 36.0 Å². The van der Waals surface area contributed by atoms with E-state index in [0.717, 1.165) is 10.6 Å². The molecule has 3 heterocycles. The molecule has 2 N–H and O–H groups in total. The van der Waals surface area contributed by atoms with E-state index in [1.165, 1.54) is 0 Å². The number of hydrogen-bond acceptors (Lipinski definition) is 6. The van der Waals surface area contributed by atoms with Crippen molar-refractivity contribution in [1.82, 2.24) is 25.4 Å². The van der Waals surface area contributed by atoms with Crippen LogP contribution in [0.4, 0.5) is 4.79 Å². The van der Waals surface area contributed by atoms with Crippen LogP contribution in [0.15, 0.2) is 29.8 Å². The van der Waals surface area contributed by atoms with Gasteiger partial charge in [-0.25, -0.2) is 14.5 Å². The van der Waals surface area contributed by atoms with Crippen LogP contribution in [0.5, 0.6) is 0 Å². The Balaban J connectivity index is 1.85. The maximum absolute atomic E-state index is 12.8. The molecule has 3 aromatic rings. The molecular formula is C19H23N5O3S. The third-order valence-electron chi connectivity index (χ3n) is 4.03. The van der Waals surface area contributed by atoms with Crippen LogP contribution in [0.2, 0.25) is 0 Å². The van der Waals surface area contributed by atoms with Gasteiger partial charge in [0.15, 0.2) is 5.65 Å². The molecular weight excluding hydrogens is 378 g/mol. The molecule has 0 aromatic carbocycles. The Morgan fingerprint density at radius 2 is 2.07 bits per heavy atom. The molecule has 2 amide bonds. The van der Waals surface area contributed by atoms with Crippen LogP contribution in [0.25, 0.3) is 21.6 Å². The Kier molecular flexibility index (Phi) is 6.25. The molecule has 0 bridgehead atoms. The summed E-state index contributed by atoms with van der Waals surface area (Å²) in [7, 11) is 0. The molecule has 0 fully saturated rings. The Labute approximate surface area is 166 Å². The summed E-state index contributed by atoms with van der Waals surface area (Å²) in [4.78, 5) is 29.8. The number of rotatable bonds is 7.